The van der Waals surface area contributed by atoms with E-state index in [1.807, 2.05) is 0 Å². The molecule has 0 aromatic carbocycles. The number of carbonyl (C=O) groups excluding carboxylic acids is 2. The van der Waals surface area contributed by atoms with Gasteiger partial charge in [0.2, 0.25) is 0 Å². The maximum Gasteiger partial charge on any atom is 0.410 e. The van der Waals surface area contributed by atoms with Crippen molar-refractivity contribution in [2.24, 2.45) is 0 Å². The Hall–Kier alpha value is -1.32. The third kappa shape index (κ3) is 2.08. The Kier molecular flexibility index (Phi) is 2.85. The topological polar surface area (TPSA) is 46.6 Å². The molecule has 0 aliphatic carbocycles. The minimum absolute atomic E-state index is 0.0608. The maximum atomic E-state index is 11.1. The summed E-state index contributed by atoms with van der Waals surface area (Å²) in [5, 5.41) is 0. The van der Waals surface area contributed by atoms with Crippen LogP contribution >= 0.6 is 0 Å². The number of rotatable bonds is 1. The van der Waals surface area contributed by atoms with Gasteiger partial charge in [-0.25, -0.2) is 4.79 Å². The third-order valence-corrected chi connectivity index (χ3v) is 1.50. The molecule has 0 N–H and O–H groups in total. The molecule has 1 amide bonds. The lowest BCUT2D eigenvalue weighted by molar-refractivity contribution is -0.115. The Morgan fingerprint density at radius 1 is 1.75 bits per heavy atom. The normalized spacial score (nSPS) is 16.4. The average Bonchev–Trinajstić information content (AvgIpc) is 2.05. The number of amides is 1. The Labute approximate surface area is 70.8 Å². The van der Waals surface area contributed by atoms with E-state index in [0.29, 0.717) is 13.2 Å². The first kappa shape index (κ1) is 8.77. The van der Waals surface area contributed by atoms with Crippen LogP contribution in [0.15, 0.2) is 12.2 Å². The van der Waals surface area contributed by atoms with E-state index in [9.17, 15) is 9.59 Å². The molecule has 4 heteroatoms. The van der Waals surface area contributed by atoms with Crippen molar-refractivity contribution in [1.29, 1.82) is 0 Å². The van der Waals surface area contributed by atoms with Crippen LogP contribution in [0.3, 0.4) is 0 Å². The molecular formula is C8H11NO3. The van der Waals surface area contributed by atoms with Crippen molar-refractivity contribution in [3.8, 4) is 0 Å². The number of hydrogen-bond acceptors (Lipinski definition) is 3. The first-order valence-corrected chi connectivity index (χ1v) is 3.85. The first-order valence-electron chi connectivity index (χ1n) is 3.85. The molecule has 0 radical (unpaired) electrons. The van der Waals surface area contributed by atoms with Crippen LogP contribution in [0.2, 0.25) is 0 Å². The maximum absolute atomic E-state index is 11.1. The SMILES string of the molecule is CCOC(=O)N1CC=CC(=O)C1. The lowest BCUT2D eigenvalue weighted by atomic mass is 10.2. The Morgan fingerprint density at radius 3 is 3.08 bits per heavy atom. The predicted molar refractivity (Wildman–Crippen MR) is 42.7 cm³/mol. The van der Waals surface area contributed by atoms with Crippen LogP contribution in [0.25, 0.3) is 0 Å². The molecule has 12 heavy (non-hydrogen) atoms. The average molecular weight is 169 g/mol. The van der Waals surface area contributed by atoms with Crippen LogP contribution in [0.1, 0.15) is 6.92 Å². The summed E-state index contributed by atoms with van der Waals surface area (Å²) in [5.41, 5.74) is 0. The molecule has 4 nitrogen and oxygen atoms in total. The van der Waals surface area contributed by atoms with Crippen molar-refractivity contribution in [3.05, 3.63) is 12.2 Å². The summed E-state index contributed by atoms with van der Waals surface area (Å²) in [6.07, 6.45) is 2.72. The van der Waals surface area contributed by atoms with Gasteiger partial charge in [0.05, 0.1) is 13.2 Å². The minimum atomic E-state index is -0.421. The molecular weight excluding hydrogens is 158 g/mol. The highest BCUT2D eigenvalue weighted by Gasteiger charge is 2.18. The Bertz CT molecular complexity index is 222. The fourth-order valence-electron chi connectivity index (χ4n) is 0.971. The van der Waals surface area contributed by atoms with E-state index in [1.165, 1.54) is 11.0 Å². The standard InChI is InChI=1S/C8H11NO3/c1-2-12-8(11)9-5-3-4-7(10)6-9/h3-4H,2,5-6H2,1H3. The van der Waals surface area contributed by atoms with Crippen molar-refractivity contribution >= 4 is 11.9 Å². The highest BCUT2D eigenvalue weighted by molar-refractivity contribution is 5.94. The Balaban J connectivity index is 2.48. The first-order chi connectivity index (χ1) is 5.74. The van der Waals surface area contributed by atoms with Crippen LogP contribution in [-0.2, 0) is 9.53 Å². The van der Waals surface area contributed by atoms with E-state index in [4.69, 9.17) is 4.74 Å². The van der Waals surface area contributed by atoms with Crippen LogP contribution in [0.5, 0.6) is 0 Å². The molecule has 1 aliphatic heterocycles. The quantitative estimate of drug-likeness (QED) is 0.577. The number of carbonyl (C=O) groups is 2. The van der Waals surface area contributed by atoms with E-state index in [0.717, 1.165) is 0 Å². The molecule has 1 aliphatic rings. The zero-order valence-electron chi connectivity index (χ0n) is 6.95. The summed E-state index contributed by atoms with van der Waals surface area (Å²) < 4.78 is 4.73. The summed E-state index contributed by atoms with van der Waals surface area (Å²) in [4.78, 5) is 23.3. The molecule has 0 atom stereocenters. The summed E-state index contributed by atoms with van der Waals surface area (Å²) in [6.45, 7) is 2.67. The van der Waals surface area contributed by atoms with Gasteiger partial charge in [-0.05, 0) is 13.0 Å². The monoisotopic (exact) mass is 169 g/mol. The van der Waals surface area contributed by atoms with Gasteiger partial charge in [-0.1, -0.05) is 6.08 Å². The van der Waals surface area contributed by atoms with E-state index in [2.05, 4.69) is 0 Å². The molecule has 0 fully saturated rings. The van der Waals surface area contributed by atoms with E-state index in [-0.39, 0.29) is 12.3 Å². The largest absolute Gasteiger partial charge is 0.450 e. The van der Waals surface area contributed by atoms with E-state index >= 15 is 0 Å². The van der Waals surface area contributed by atoms with Crippen molar-refractivity contribution in [1.82, 2.24) is 4.90 Å². The van der Waals surface area contributed by atoms with Crippen LogP contribution in [0, 0.1) is 0 Å². The molecule has 0 aromatic rings. The Morgan fingerprint density at radius 2 is 2.50 bits per heavy atom. The summed E-state index contributed by atoms with van der Waals surface area (Å²) in [5.74, 6) is -0.0608. The van der Waals surface area contributed by atoms with Crippen molar-refractivity contribution in [2.75, 3.05) is 19.7 Å². The number of hydrogen-bond donors (Lipinski definition) is 0. The molecule has 1 rings (SSSR count). The molecule has 0 bridgehead atoms. The van der Waals surface area contributed by atoms with Gasteiger partial charge in [0.25, 0.3) is 0 Å². The second kappa shape index (κ2) is 3.90. The second-order valence-corrected chi connectivity index (χ2v) is 2.45. The van der Waals surface area contributed by atoms with Crippen molar-refractivity contribution in [2.45, 2.75) is 6.92 Å². The fourth-order valence-corrected chi connectivity index (χ4v) is 0.971. The highest BCUT2D eigenvalue weighted by Crippen LogP contribution is 2.00. The number of ketones is 1. The van der Waals surface area contributed by atoms with Crippen LogP contribution < -0.4 is 0 Å². The van der Waals surface area contributed by atoms with Crippen molar-refractivity contribution < 1.29 is 14.3 Å². The van der Waals surface area contributed by atoms with Crippen LogP contribution in [0.4, 0.5) is 4.79 Å². The molecule has 0 saturated carbocycles. The van der Waals surface area contributed by atoms with Gasteiger partial charge in [-0.2, -0.15) is 0 Å². The van der Waals surface area contributed by atoms with Gasteiger partial charge in [-0.3, -0.25) is 9.69 Å². The van der Waals surface area contributed by atoms with Gasteiger partial charge in [0.15, 0.2) is 5.78 Å². The molecule has 66 valence electrons. The molecule has 0 unspecified atom stereocenters. The summed E-state index contributed by atoms with van der Waals surface area (Å²) in [6, 6.07) is 0. The zero-order chi connectivity index (χ0) is 8.97. The fraction of sp³-hybridized carbons (Fsp3) is 0.500. The van der Waals surface area contributed by atoms with Gasteiger partial charge in [0.1, 0.15) is 0 Å². The molecule has 0 saturated heterocycles. The number of nitrogens with zero attached hydrogens (tertiary/aromatic N) is 1. The molecule has 0 spiro atoms. The van der Waals surface area contributed by atoms with Crippen LogP contribution in [-0.4, -0.2) is 36.5 Å². The van der Waals surface area contributed by atoms with Gasteiger partial charge >= 0.3 is 6.09 Å². The minimum Gasteiger partial charge on any atom is -0.450 e. The van der Waals surface area contributed by atoms with E-state index < -0.39 is 6.09 Å². The van der Waals surface area contributed by atoms with Gasteiger partial charge in [-0.15, -0.1) is 0 Å². The second-order valence-electron chi connectivity index (χ2n) is 2.45. The zero-order valence-corrected chi connectivity index (χ0v) is 6.95. The molecule has 0 aromatic heterocycles. The lowest BCUT2D eigenvalue weighted by Crippen LogP contribution is -2.38. The summed E-state index contributed by atoms with van der Waals surface area (Å²) in [7, 11) is 0. The van der Waals surface area contributed by atoms with Crippen molar-refractivity contribution in [3.63, 3.8) is 0 Å². The van der Waals surface area contributed by atoms with Gasteiger partial charge in [0, 0.05) is 6.54 Å². The smallest absolute Gasteiger partial charge is 0.410 e. The molecule has 1 heterocycles. The predicted octanol–water partition coefficient (Wildman–Crippen LogP) is 0.584. The number of ether oxygens (including phenoxy) is 1. The highest BCUT2D eigenvalue weighted by atomic mass is 16.6. The van der Waals surface area contributed by atoms with Gasteiger partial charge < -0.3 is 4.74 Å². The summed E-state index contributed by atoms with van der Waals surface area (Å²) >= 11 is 0. The van der Waals surface area contributed by atoms with E-state index in [1.54, 1.807) is 13.0 Å². The lowest BCUT2D eigenvalue weighted by Gasteiger charge is -2.21. The third-order valence-electron chi connectivity index (χ3n) is 1.50.